The molecule has 0 bridgehead atoms. The van der Waals surface area contributed by atoms with Crippen molar-refractivity contribution < 1.29 is 9.90 Å². The lowest BCUT2D eigenvalue weighted by Crippen LogP contribution is -2.20. The van der Waals surface area contributed by atoms with E-state index in [-0.39, 0.29) is 17.8 Å². The Morgan fingerprint density at radius 3 is 3.00 bits per heavy atom. The highest BCUT2D eigenvalue weighted by Crippen LogP contribution is 1.99. The van der Waals surface area contributed by atoms with Gasteiger partial charge >= 0.3 is 5.97 Å². The van der Waals surface area contributed by atoms with Crippen LogP contribution in [-0.2, 0) is 11.2 Å². The first-order valence-electron chi connectivity index (χ1n) is 3.40. The molecule has 7 heteroatoms. The molecular formula is C6H8N4O3. The van der Waals surface area contributed by atoms with Crippen LogP contribution in [0.4, 0.5) is 5.82 Å². The van der Waals surface area contributed by atoms with Gasteiger partial charge in [-0.25, -0.2) is 10.9 Å². The number of rotatable bonds is 3. The molecular weight excluding hydrogens is 176 g/mol. The Morgan fingerprint density at radius 1 is 1.77 bits per heavy atom. The van der Waals surface area contributed by atoms with Crippen LogP contribution in [0.5, 0.6) is 0 Å². The highest BCUT2D eigenvalue weighted by molar-refractivity contribution is 5.70. The van der Waals surface area contributed by atoms with Crippen molar-refractivity contribution in [2.75, 3.05) is 5.43 Å². The molecule has 7 nitrogen and oxygen atoms in total. The number of hydrogen-bond donors (Lipinski definition) is 4. The molecule has 0 aliphatic heterocycles. The average Bonchev–Trinajstić information content (AvgIpc) is 2.08. The zero-order chi connectivity index (χ0) is 9.84. The lowest BCUT2D eigenvalue weighted by molar-refractivity contribution is -0.136. The Labute approximate surface area is 72.5 Å². The Hall–Kier alpha value is -1.89. The summed E-state index contributed by atoms with van der Waals surface area (Å²) in [5.74, 6) is 4.15. The van der Waals surface area contributed by atoms with Gasteiger partial charge in [0, 0.05) is 5.56 Å². The van der Waals surface area contributed by atoms with Crippen molar-refractivity contribution in [3.63, 3.8) is 0 Å². The van der Waals surface area contributed by atoms with E-state index in [1.807, 2.05) is 0 Å². The average molecular weight is 184 g/mol. The number of aromatic nitrogens is 2. The number of carbonyl (C=O) groups is 1. The standard InChI is InChI=1S/C6H8N4O3/c7-8-4-1-3(2-5(11)12)6(13)10-9-4/h1H,2,7H2,(H,8,9)(H,10,13)(H,11,12). The van der Waals surface area contributed by atoms with Crippen molar-refractivity contribution in [3.05, 3.63) is 22.0 Å². The molecule has 0 aromatic carbocycles. The topological polar surface area (TPSA) is 121 Å². The zero-order valence-corrected chi connectivity index (χ0v) is 6.57. The normalized spacial score (nSPS) is 9.62. The van der Waals surface area contributed by atoms with Crippen LogP contribution in [0.15, 0.2) is 10.9 Å². The van der Waals surface area contributed by atoms with E-state index in [0.29, 0.717) is 0 Å². The third-order valence-corrected chi connectivity index (χ3v) is 1.37. The number of H-pyrrole nitrogens is 1. The Bertz CT molecular complexity index is 372. The highest BCUT2D eigenvalue weighted by atomic mass is 16.4. The van der Waals surface area contributed by atoms with Gasteiger partial charge in [0.2, 0.25) is 0 Å². The Morgan fingerprint density at radius 2 is 2.46 bits per heavy atom. The highest BCUT2D eigenvalue weighted by Gasteiger charge is 2.06. The van der Waals surface area contributed by atoms with Crippen LogP contribution in [0, 0.1) is 0 Å². The summed E-state index contributed by atoms with van der Waals surface area (Å²) in [7, 11) is 0. The van der Waals surface area contributed by atoms with Crippen LogP contribution in [0.3, 0.4) is 0 Å². The van der Waals surface area contributed by atoms with Gasteiger partial charge < -0.3 is 10.5 Å². The summed E-state index contributed by atoms with van der Waals surface area (Å²) < 4.78 is 0. The van der Waals surface area contributed by atoms with Gasteiger partial charge in [0.25, 0.3) is 5.56 Å². The number of carboxylic acid groups (broad SMARTS) is 1. The molecule has 0 spiro atoms. The molecule has 0 unspecified atom stereocenters. The second-order valence-corrected chi connectivity index (χ2v) is 2.32. The summed E-state index contributed by atoms with van der Waals surface area (Å²) in [5.41, 5.74) is 1.77. The second kappa shape index (κ2) is 3.68. The number of nitrogens with one attached hydrogen (secondary N) is 2. The molecule has 0 aliphatic rings. The zero-order valence-electron chi connectivity index (χ0n) is 6.57. The number of nitrogens with two attached hydrogens (primary N) is 1. The monoisotopic (exact) mass is 184 g/mol. The van der Waals surface area contributed by atoms with E-state index in [9.17, 15) is 9.59 Å². The number of carboxylic acids is 1. The van der Waals surface area contributed by atoms with Crippen molar-refractivity contribution in [2.24, 2.45) is 5.84 Å². The minimum Gasteiger partial charge on any atom is -0.481 e. The first kappa shape index (κ1) is 9.20. The molecule has 0 fully saturated rings. The SMILES string of the molecule is NNc1cc(CC(=O)O)c(=O)[nH]n1. The maximum absolute atomic E-state index is 11.0. The van der Waals surface area contributed by atoms with Gasteiger partial charge in [-0.2, -0.15) is 5.10 Å². The number of nitrogen functional groups attached to an aromatic ring is 1. The minimum absolute atomic E-state index is 0.107. The molecule has 0 atom stereocenters. The Balaban J connectivity index is 3.04. The fraction of sp³-hybridized carbons (Fsp3) is 0.167. The summed E-state index contributed by atoms with van der Waals surface area (Å²) in [6.07, 6.45) is -0.355. The van der Waals surface area contributed by atoms with E-state index in [4.69, 9.17) is 10.9 Å². The molecule has 70 valence electrons. The van der Waals surface area contributed by atoms with Gasteiger partial charge in [0.1, 0.15) is 0 Å². The van der Waals surface area contributed by atoms with Crippen molar-refractivity contribution >= 4 is 11.8 Å². The number of hydrogen-bond acceptors (Lipinski definition) is 5. The third kappa shape index (κ3) is 2.27. The van der Waals surface area contributed by atoms with Gasteiger partial charge in [-0.3, -0.25) is 9.59 Å². The van der Waals surface area contributed by atoms with Gasteiger partial charge in [0.05, 0.1) is 6.42 Å². The Kier molecular flexibility index (Phi) is 2.60. The number of aliphatic carboxylic acids is 1. The van der Waals surface area contributed by atoms with Crippen molar-refractivity contribution in [1.82, 2.24) is 10.2 Å². The van der Waals surface area contributed by atoms with Crippen LogP contribution < -0.4 is 16.8 Å². The lowest BCUT2D eigenvalue weighted by atomic mass is 10.2. The molecule has 0 saturated heterocycles. The molecule has 0 amide bonds. The molecule has 0 saturated carbocycles. The summed E-state index contributed by atoms with van der Waals surface area (Å²) in [6, 6.07) is 1.28. The summed E-state index contributed by atoms with van der Waals surface area (Å²) >= 11 is 0. The molecule has 1 aromatic rings. The van der Waals surface area contributed by atoms with E-state index in [1.165, 1.54) is 6.07 Å². The van der Waals surface area contributed by atoms with Crippen LogP contribution in [0.1, 0.15) is 5.56 Å². The van der Waals surface area contributed by atoms with E-state index in [1.54, 1.807) is 0 Å². The predicted molar refractivity (Wildman–Crippen MR) is 44.0 cm³/mol. The van der Waals surface area contributed by atoms with E-state index >= 15 is 0 Å². The van der Waals surface area contributed by atoms with Crippen LogP contribution in [-0.4, -0.2) is 21.3 Å². The molecule has 1 aromatic heterocycles. The minimum atomic E-state index is -1.08. The van der Waals surface area contributed by atoms with Gasteiger partial charge in [-0.1, -0.05) is 0 Å². The fourth-order valence-electron chi connectivity index (χ4n) is 0.814. The summed E-state index contributed by atoms with van der Waals surface area (Å²) in [5, 5.41) is 14.0. The molecule has 13 heavy (non-hydrogen) atoms. The summed E-state index contributed by atoms with van der Waals surface area (Å²) in [4.78, 5) is 21.3. The number of anilines is 1. The number of nitrogens with zero attached hydrogens (tertiary/aromatic N) is 1. The number of aromatic amines is 1. The van der Waals surface area contributed by atoms with Crippen molar-refractivity contribution in [3.8, 4) is 0 Å². The first-order valence-corrected chi connectivity index (χ1v) is 3.40. The van der Waals surface area contributed by atoms with Crippen LogP contribution in [0.25, 0.3) is 0 Å². The van der Waals surface area contributed by atoms with E-state index in [0.717, 1.165) is 0 Å². The third-order valence-electron chi connectivity index (χ3n) is 1.37. The van der Waals surface area contributed by atoms with Gasteiger partial charge in [0.15, 0.2) is 5.82 Å². The maximum atomic E-state index is 11.0. The fourth-order valence-corrected chi connectivity index (χ4v) is 0.814. The van der Waals surface area contributed by atoms with E-state index < -0.39 is 11.5 Å². The molecule has 1 rings (SSSR count). The molecule has 0 aliphatic carbocycles. The summed E-state index contributed by atoms with van der Waals surface area (Å²) in [6.45, 7) is 0. The number of hydrazine groups is 1. The first-order chi connectivity index (χ1) is 6.13. The van der Waals surface area contributed by atoms with Gasteiger partial charge in [-0.15, -0.1) is 0 Å². The molecule has 5 N–H and O–H groups in total. The quantitative estimate of drug-likeness (QED) is 0.341. The molecule has 1 heterocycles. The van der Waals surface area contributed by atoms with E-state index in [2.05, 4.69) is 15.6 Å². The van der Waals surface area contributed by atoms with Crippen LogP contribution in [0.2, 0.25) is 0 Å². The van der Waals surface area contributed by atoms with Crippen LogP contribution >= 0.6 is 0 Å². The smallest absolute Gasteiger partial charge is 0.308 e. The largest absolute Gasteiger partial charge is 0.481 e. The van der Waals surface area contributed by atoms with Crippen molar-refractivity contribution in [2.45, 2.75) is 6.42 Å². The second-order valence-electron chi connectivity index (χ2n) is 2.32. The van der Waals surface area contributed by atoms with Gasteiger partial charge in [-0.05, 0) is 6.07 Å². The lowest BCUT2D eigenvalue weighted by Gasteiger charge is -1.99. The maximum Gasteiger partial charge on any atom is 0.308 e. The predicted octanol–water partition coefficient (Wildman–Crippen LogP) is -1.32. The molecule has 0 radical (unpaired) electrons. The van der Waals surface area contributed by atoms with Crippen molar-refractivity contribution in [1.29, 1.82) is 0 Å².